The van der Waals surface area contributed by atoms with Crippen LogP contribution in [0.25, 0.3) is 11.3 Å². The molecule has 2 aromatic rings. The highest BCUT2D eigenvalue weighted by atomic mass is 32.2. The molecule has 7 nitrogen and oxygen atoms in total. The molecule has 1 saturated heterocycles. The second-order valence-corrected chi connectivity index (χ2v) is 8.85. The fourth-order valence-corrected chi connectivity index (χ4v) is 5.31. The van der Waals surface area contributed by atoms with Crippen LogP contribution in [0.15, 0.2) is 54.5 Å². The van der Waals surface area contributed by atoms with E-state index in [1.807, 2.05) is 0 Å². The van der Waals surface area contributed by atoms with Crippen molar-refractivity contribution in [2.75, 3.05) is 26.3 Å². The summed E-state index contributed by atoms with van der Waals surface area (Å²) in [6.45, 7) is 8.86. The van der Waals surface area contributed by atoms with Gasteiger partial charge in [-0.2, -0.15) is 5.10 Å². The zero-order valence-corrected chi connectivity index (χ0v) is 17.0. The molecule has 30 heavy (non-hydrogen) atoms. The Labute approximate surface area is 173 Å². The van der Waals surface area contributed by atoms with Gasteiger partial charge in [0.2, 0.25) is 0 Å². The van der Waals surface area contributed by atoms with Crippen LogP contribution in [0.5, 0.6) is 0 Å². The van der Waals surface area contributed by atoms with E-state index in [-0.39, 0.29) is 27.4 Å². The molecule has 156 valence electrons. The van der Waals surface area contributed by atoms with E-state index in [4.69, 9.17) is 4.74 Å². The quantitative estimate of drug-likeness (QED) is 0.746. The highest BCUT2D eigenvalue weighted by Crippen LogP contribution is 2.38. The van der Waals surface area contributed by atoms with Gasteiger partial charge in [-0.25, -0.2) is 17.5 Å². The molecule has 0 unspecified atom stereocenters. The zero-order valence-electron chi connectivity index (χ0n) is 16.2. The van der Waals surface area contributed by atoms with Gasteiger partial charge in [0, 0.05) is 24.2 Å². The molecule has 0 bridgehead atoms. The maximum Gasteiger partial charge on any atom is 0.274 e. The number of para-hydroxylation sites is 1. The standard InChI is InChI=1S/C21H20FN3O4S/c1-3-14-18(4-2)30(27,28)13-15-19(21(26)24-9-11-29-12-10-24)23-25(20(14)15)17-8-6-5-7-16(17)22/h3-8H,1-2,9-13H2. The molecule has 3 heterocycles. The number of morpholine rings is 1. The molecule has 1 aromatic heterocycles. The number of sulfone groups is 1. The number of aromatic nitrogens is 2. The summed E-state index contributed by atoms with van der Waals surface area (Å²) < 4.78 is 46.9. The summed E-state index contributed by atoms with van der Waals surface area (Å²) in [5.74, 6) is -1.39. The number of allylic oxidation sites excluding steroid dienone is 3. The van der Waals surface area contributed by atoms with E-state index < -0.39 is 27.3 Å². The minimum absolute atomic E-state index is 0.0128. The lowest BCUT2D eigenvalue weighted by Crippen LogP contribution is -2.41. The first-order valence-corrected chi connectivity index (χ1v) is 11.0. The summed E-state index contributed by atoms with van der Waals surface area (Å²) in [6.07, 6.45) is 2.60. The molecule has 0 atom stereocenters. The van der Waals surface area contributed by atoms with E-state index >= 15 is 0 Å². The minimum atomic E-state index is -3.77. The third-order valence-corrected chi connectivity index (χ3v) is 6.87. The lowest BCUT2D eigenvalue weighted by Gasteiger charge is -2.26. The van der Waals surface area contributed by atoms with Crippen molar-refractivity contribution in [3.8, 4) is 5.69 Å². The van der Waals surface area contributed by atoms with E-state index in [1.54, 1.807) is 17.0 Å². The zero-order chi connectivity index (χ0) is 21.5. The van der Waals surface area contributed by atoms with Crippen molar-refractivity contribution in [1.82, 2.24) is 14.7 Å². The number of amides is 1. The third-order valence-electron chi connectivity index (χ3n) is 5.14. The molecule has 0 N–H and O–H groups in total. The van der Waals surface area contributed by atoms with Gasteiger partial charge in [-0.1, -0.05) is 37.4 Å². The average molecular weight is 429 g/mol. The number of carbonyl (C=O) groups excluding carboxylic acids is 1. The van der Waals surface area contributed by atoms with Crippen molar-refractivity contribution in [2.24, 2.45) is 0 Å². The van der Waals surface area contributed by atoms with Crippen LogP contribution in [-0.4, -0.2) is 55.3 Å². The molecular weight excluding hydrogens is 409 g/mol. The summed E-state index contributed by atoms with van der Waals surface area (Å²) in [4.78, 5) is 14.7. The minimum Gasteiger partial charge on any atom is -0.378 e. The van der Waals surface area contributed by atoms with E-state index in [2.05, 4.69) is 18.3 Å². The van der Waals surface area contributed by atoms with Gasteiger partial charge >= 0.3 is 0 Å². The van der Waals surface area contributed by atoms with E-state index in [0.29, 0.717) is 32.0 Å². The molecule has 2 aliphatic heterocycles. The Hall–Kier alpha value is -3.04. The lowest BCUT2D eigenvalue weighted by molar-refractivity contribution is 0.0298. The Morgan fingerprint density at radius 3 is 2.50 bits per heavy atom. The highest BCUT2D eigenvalue weighted by Gasteiger charge is 2.37. The van der Waals surface area contributed by atoms with Crippen LogP contribution in [0.1, 0.15) is 21.7 Å². The fourth-order valence-electron chi connectivity index (χ4n) is 3.74. The largest absolute Gasteiger partial charge is 0.378 e. The van der Waals surface area contributed by atoms with Crippen molar-refractivity contribution in [1.29, 1.82) is 0 Å². The number of halogens is 1. The maximum absolute atomic E-state index is 14.6. The molecule has 9 heteroatoms. The summed E-state index contributed by atoms with van der Waals surface area (Å²) in [5, 5.41) is 4.39. The van der Waals surface area contributed by atoms with Crippen molar-refractivity contribution in [3.63, 3.8) is 0 Å². The molecule has 1 amide bonds. The van der Waals surface area contributed by atoms with Crippen molar-refractivity contribution >= 4 is 21.3 Å². The second kappa shape index (κ2) is 7.66. The van der Waals surface area contributed by atoms with Gasteiger partial charge in [0.05, 0.1) is 29.6 Å². The molecule has 1 aromatic carbocycles. The van der Waals surface area contributed by atoms with Crippen LogP contribution in [0.4, 0.5) is 4.39 Å². The normalized spacial score (nSPS) is 18.1. The maximum atomic E-state index is 14.6. The van der Waals surface area contributed by atoms with Gasteiger partial charge in [-0.3, -0.25) is 4.79 Å². The van der Waals surface area contributed by atoms with Crippen LogP contribution >= 0.6 is 0 Å². The van der Waals surface area contributed by atoms with Crippen molar-refractivity contribution in [3.05, 3.63) is 77.2 Å². The molecule has 4 rings (SSSR count). The summed E-state index contributed by atoms with van der Waals surface area (Å²) in [6, 6.07) is 5.97. The Kier molecular flexibility index (Phi) is 5.17. The predicted molar refractivity (Wildman–Crippen MR) is 110 cm³/mol. The summed E-state index contributed by atoms with van der Waals surface area (Å²) in [7, 11) is -3.77. The first-order valence-electron chi connectivity index (χ1n) is 9.35. The predicted octanol–water partition coefficient (Wildman–Crippen LogP) is 2.50. The van der Waals surface area contributed by atoms with Gasteiger partial charge in [-0.15, -0.1) is 0 Å². The highest BCUT2D eigenvalue weighted by molar-refractivity contribution is 7.95. The van der Waals surface area contributed by atoms with Crippen molar-refractivity contribution < 1.29 is 22.3 Å². The Balaban J connectivity index is 2.01. The van der Waals surface area contributed by atoms with Crippen LogP contribution in [0.2, 0.25) is 0 Å². The van der Waals surface area contributed by atoms with E-state index in [0.717, 1.165) is 0 Å². The van der Waals surface area contributed by atoms with E-state index in [9.17, 15) is 17.6 Å². The number of fused-ring (bicyclic) bond motifs is 1. The van der Waals surface area contributed by atoms with Crippen LogP contribution in [-0.2, 0) is 20.3 Å². The molecule has 1 fully saturated rings. The Morgan fingerprint density at radius 1 is 1.17 bits per heavy atom. The average Bonchev–Trinajstić information content (AvgIpc) is 3.10. The van der Waals surface area contributed by atoms with Crippen LogP contribution < -0.4 is 0 Å². The molecule has 0 spiro atoms. The van der Waals surface area contributed by atoms with Gasteiger partial charge in [0.1, 0.15) is 11.5 Å². The SMILES string of the molecule is C=CC1=C(C=C)S(=O)(=O)Cc2c(C(=O)N3CCOCC3)nn(-c3ccccc3F)c21. The molecule has 0 radical (unpaired) electrons. The number of rotatable bonds is 4. The third kappa shape index (κ3) is 3.20. The number of nitrogens with zero attached hydrogens (tertiary/aromatic N) is 3. The molecule has 0 saturated carbocycles. The van der Waals surface area contributed by atoms with Gasteiger partial charge in [0.25, 0.3) is 5.91 Å². The molecule has 2 aliphatic rings. The number of hydrogen-bond donors (Lipinski definition) is 0. The Morgan fingerprint density at radius 2 is 1.87 bits per heavy atom. The number of carbonyl (C=O) groups is 1. The number of benzene rings is 1. The fraction of sp³-hybridized carbons (Fsp3) is 0.238. The Bertz CT molecular complexity index is 1190. The van der Waals surface area contributed by atoms with Gasteiger partial charge in [-0.05, 0) is 12.1 Å². The topological polar surface area (TPSA) is 81.5 Å². The number of hydrogen-bond acceptors (Lipinski definition) is 5. The first-order chi connectivity index (χ1) is 14.4. The van der Waals surface area contributed by atoms with Crippen LogP contribution in [0, 0.1) is 5.82 Å². The van der Waals surface area contributed by atoms with Gasteiger partial charge in [0.15, 0.2) is 15.5 Å². The summed E-state index contributed by atoms with van der Waals surface area (Å²) in [5.41, 5.74) is 0.896. The second-order valence-electron chi connectivity index (χ2n) is 6.89. The van der Waals surface area contributed by atoms with Crippen LogP contribution in [0.3, 0.4) is 0 Å². The first kappa shape index (κ1) is 20.2. The van der Waals surface area contributed by atoms with E-state index in [1.165, 1.54) is 29.0 Å². The molecular formula is C21H20FN3O4S. The smallest absolute Gasteiger partial charge is 0.274 e. The summed E-state index contributed by atoms with van der Waals surface area (Å²) >= 11 is 0. The number of ether oxygens (including phenoxy) is 1. The molecule has 0 aliphatic carbocycles. The lowest BCUT2D eigenvalue weighted by atomic mass is 10.0. The monoisotopic (exact) mass is 429 g/mol. The van der Waals surface area contributed by atoms with Gasteiger partial charge < -0.3 is 9.64 Å². The van der Waals surface area contributed by atoms with Crippen molar-refractivity contribution in [2.45, 2.75) is 5.75 Å².